The molecule has 2 aromatic rings. The number of benzene rings is 2. The molecule has 1 nitrogen and oxygen atoms in total. The van der Waals surface area contributed by atoms with E-state index in [-0.39, 0.29) is 0 Å². The van der Waals surface area contributed by atoms with Crippen molar-refractivity contribution in [1.29, 1.82) is 0 Å². The summed E-state index contributed by atoms with van der Waals surface area (Å²) in [5.74, 6) is 0. The van der Waals surface area contributed by atoms with Gasteiger partial charge in [-0.05, 0) is 36.8 Å². The molecule has 2 aromatic carbocycles. The Morgan fingerprint density at radius 1 is 1.00 bits per heavy atom. The first-order chi connectivity index (χ1) is 8.58. The number of hydrogen-bond donors (Lipinski definition) is 1. The second kappa shape index (κ2) is 5.83. The molecule has 0 heterocycles. The monoisotopic (exact) mass is 299 g/mol. The first kappa shape index (κ1) is 13.5. The number of nitrogens with one attached hydrogen (secondary N) is 1. The number of hydrogen-bond acceptors (Lipinski definition) is 1. The van der Waals surface area contributed by atoms with Gasteiger partial charge in [0, 0.05) is 32.9 Å². The van der Waals surface area contributed by atoms with Gasteiger partial charge < -0.3 is 5.32 Å². The fourth-order valence-electron chi connectivity index (χ4n) is 1.67. The largest absolute Gasteiger partial charge is 0.381 e. The minimum Gasteiger partial charge on any atom is -0.381 e. The molecule has 0 atom stereocenters. The van der Waals surface area contributed by atoms with Crippen LogP contribution in [0.15, 0.2) is 36.4 Å². The van der Waals surface area contributed by atoms with Crippen LogP contribution in [0.25, 0.3) is 0 Å². The summed E-state index contributed by atoms with van der Waals surface area (Å²) < 4.78 is 0. The van der Waals surface area contributed by atoms with Crippen molar-refractivity contribution in [2.45, 2.75) is 13.5 Å². The molecule has 0 unspecified atom stereocenters. The second-order valence-electron chi connectivity index (χ2n) is 4.01. The summed E-state index contributed by atoms with van der Waals surface area (Å²) >= 11 is 18.2. The van der Waals surface area contributed by atoms with Crippen LogP contribution < -0.4 is 5.32 Å². The molecule has 0 spiro atoms. The Kier molecular flexibility index (Phi) is 4.39. The van der Waals surface area contributed by atoms with Gasteiger partial charge in [-0.15, -0.1) is 0 Å². The van der Waals surface area contributed by atoms with Crippen molar-refractivity contribution in [3.8, 4) is 0 Å². The Hall–Kier alpha value is -0.890. The Labute approximate surface area is 122 Å². The zero-order valence-electron chi connectivity index (χ0n) is 9.81. The molecule has 4 heteroatoms. The van der Waals surface area contributed by atoms with Crippen LogP contribution in [0.2, 0.25) is 15.1 Å². The van der Waals surface area contributed by atoms with E-state index < -0.39 is 0 Å². The maximum absolute atomic E-state index is 6.12. The lowest BCUT2D eigenvalue weighted by molar-refractivity contribution is 1.14. The van der Waals surface area contributed by atoms with E-state index in [0.29, 0.717) is 21.6 Å². The Balaban J connectivity index is 2.19. The van der Waals surface area contributed by atoms with Gasteiger partial charge >= 0.3 is 0 Å². The van der Waals surface area contributed by atoms with Gasteiger partial charge in [-0.2, -0.15) is 0 Å². The molecule has 0 saturated heterocycles. The lowest BCUT2D eigenvalue weighted by atomic mass is 10.1. The third-order valence-electron chi connectivity index (χ3n) is 2.72. The Morgan fingerprint density at radius 2 is 1.67 bits per heavy atom. The number of rotatable bonds is 3. The van der Waals surface area contributed by atoms with Crippen molar-refractivity contribution in [1.82, 2.24) is 0 Å². The zero-order chi connectivity index (χ0) is 13.1. The van der Waals surface area contributed by atoms with E-state index in [2.05, 4.69) is 5.32 Å². The van der Waals surface area contributed by atoms with Gasteiger partial charge in [0.05, 0.1) is 0 Å². The maximum atomic E-state index is 6.12. The highest BCUT2D eigenvalue weighted by Gasteiger charge is 2.06. The standard InChI is InChI=1S/C14H12Cl3N/c1-9-5-6-10(15)7-14(9)18-8-11-12(16)3-2-4-13(11)17/h2-7,18H,8H2,1H3. The quantitative estimate of drug-likeness (QED) is 0.781. The molecule has 0 aliphatic carbocycles. The van der Waals surface area contributed by atoms with E-state index in [1.807, 2.05) is 43.3 Å². The van der Waals surface area contributed by atoms with Gasteiger partial charge in [0.15, 0.2) is 0 Å². The van der Waals surface area contributed by atoms with E-state index in [0.717, 1.165) is 16.8 Å². The minimum absolute atomic E-state index is 0.569. The van der Waals surface area contributed by atoms with Gasteiger partial charge in [0.1, 0.15) is 0 Å². The molecular weight excluding hydrogens is 289 g/mol. The third-order valence-corrected chi connectivity index (χ3v) is 3.66. The Bertz CT molecular complexity index is 547. The SMILES string of the molecule is Cc1ccc(Cl)cc1NCc1c(Cl)cccc1Cl. The van der Waals surface area contributed by atoms with Crippen LogP contribution in [0.1, 0.15) is 11.1 Å². The first-order valence-corrected chi connectivity index (χ1v) is 6.64. The third kappa shape index (κ3) is 3.11. The maximum Gasteiger partial charge on any atom is 0.0470 e. The van der Waals surface area contributed by atoms with Crippen LogP contribution in [-0.2, 0) is 6.54 Å². The zero-order valence-corrected chi connectivity index (χ0v) is 12.1. The molecule has 0 amide bonds. The summed E-state index contributed by atoms with van der Waals surface area (Å²) in [5, 5.41) is 5.32. The van der Waals surface area contributed by atoms with E-state index >= 15 is 0 Å². The molecular formula is C14H12Cl3N. The Morgan fingerprint density at radius 3 is 2.33 bits per heavy atom. The lowest BCUT2D eigenvalue weighted by Crippen LogP contribution is -2.02. The van der Waals surface area contributed by atoms with Gasteiger partial charge in [-0.3, -0.25) is 0 Å². The summed E-state index contributed by atoms with van der Waals surface area (Å²) in [6, 6.07) is 11.2. The summed E-state index contributed by atoms with van der Waals surface area (Å²) in [7, 11) is 0. The molecule has 0 saturated carbocycles. The molecule has 0 aromatic heterocycles. The lowest BCUT2D eigenvalue weighted by Gasteiger charge is -2.12. The number of anilines is 1. The van der Waals surface area contributed by atoms with Gasteiger partial charge in [-0.1, -0.05) is 46.9 Å². The highest BCUT2D eigenvalue weighted by atomic mass is 35.5. The number of halogens is 3. The fraction of sp³-hybridized carbons (Fsp3) is 0.143. The minimum atomic E-state index is 0.569. The second-order valence-corrected chi connectivity index (χ2v) is 5.26. The van der Waals surface area contributed by atoms with Crippen molar-refractivity contribution >= 4 is 40.5 Å². The van der Waals surface area contributed by atoms with Crippen molar-refractivity contribution in [2.75, 3.05) is 5.32 Å². The molecule has 0 radical (unpaired) electrons. The number of aryl methyl sites for hydroxylation is 1. The van der Waals surface area contributed by atoms with Gasteiger partial charge in [0.25, 0.3) is 0 Å². The van der Waals surface area contributed by atoms with Crippen molar-refractivity contribution in [2.24, 2.45) is 0 Å². The average Bonchev–Trinajstić information content (AvgIpc) is 2.33. The summed E-state index contributed by atoms with van der Waals surface area (Å²) in [4.78, 5) is 0. The van der Waals surface area contributed by atoms with Crippen LogP contribution in [-0.4, -0.2) is 0 Å². The molecule has 2 rings (SSSR count). The summed E-state index contributed by atoms with van der Waals surface area (Å²) in [6.45, 7) is 2.59. The molecule has 0 aliphatic rings. The van der Waals surface area contributed by atoms with E-state index in [9.17, 15) is 0 Å². The predicted octanol–water partition coefficient (Wildman–Crippen LogP) is 5.57. The van der Waals surface area contributed by atoms with Crippen molar-refractivity contribution in [3.05, 3.63) is 62.6 Å². The fourth-order valence-corrected chi connectivity index (χ4v) is 2.37. The topological polar surface area (TPSA) is 12.0 Å². The molecule has 0 aliphatic heterocycles. The van der Waals surface area contributed by atoms with Crippen LogP contribution in [0.3, 0.4) is 0 Å². The van der Waals surface area contributed by atoms with Crippen LogP contribution >= 0.6 is 34.8 Å². The summed E-state index contributed by atoms with van der Waals surface area (Å²) in [6.07, 6.45) is 0. The molecule has 94 valence electrons. The van der Waals surface area contributed by atoms with Crippen LogP contribution in [0.4, 0.5) is 5.69 Å². The average molecular weight is 301 g/mol. The molecule has 0 bridgehead atoms. The molecule has 18 heavy (non-hydrogen) atoms. The smallest absolute Gasteiger partial charge is 0.0470 e. The summed E-state index contributed by atoms with van der Waals surface area (Å²) in [5.41, 5.74) is 3.00. The first-order valence-electron chi connectivity index (χ1n) is 5.51. The van der Waals surface area contributed by atoms with Crippen LogP contribution in [0, 0.1) is 6.92 Å². The van der Waals surface area contributed by atoms with E-state index in [4.69, 9.17) is 34.8 Å². The van der Waals surface area contributed by atoms with E-state index in [1.54, 1.807) is 0 Å². The predicted molar refractivity (Wildman–Crippen MR) is 80.0 cm³/mol. The van der Waals surface area contributed by atoms with Crippen molar-refractivity contribution in [3.63, 3.8) is 0 Å². The highest BCUT2D eigenvalue weighted by Crippen LogP contribution is 2.26. The van der Waals surface area contributed by atoms with Gasteiger partial charge in [-0.25, -0.2) is 0 Å². The van der Waals surface area contributed by atoms with Crippen LogP contribution in [0.5, 0.6) is 0 Å². The highest BCUT2D eigenvalue weighted by molar-refractivity contribution is 6.36. The van der Waals surface area contributed by atoms with Gasteiger partial charge in [0.2, 0.25) is 0 Å². The van der Waals surface area contributed by atoms with Crippen molar-refractivity contribution < 1.29 is 0 Å². The molecule has 0 fully saturated rings. The van der Waals surface area contributed by atoms with E-state index in [1.165, 1.54) is 0 Å². The molecule has 1 N–H and O–H groups in total. The normalized spacial score (nSPS) is 10.4.